The number of rotatable bonds is 6. The number of halogens is 2. The SMILES string of the molecule is CC(C)[Si](Oc1cc(Cl)c(C=O)c(Cl)c1)(C(C)C)C(C)C. The van der Waals surface area contributed by atoms with E-state index in [1.54, 1.807) is 12.1 Å². The Kier molecular flexibility index (Phi) is 6.32. The van der Waals surface area contributed by atoms with E-state index >= 15 is 0 Å². The molecule has 0 fully saturated rings. The standard InChI is InChI=1S/C16H24Cl2O2Si/c1-10(2)21(11(3)4,12(5)6)20-13-7-15(17)14(9-19)16(18)8-13/h7-12H,1-6H3. The summed E-state index contributed by atoms with van der Waals surface area (Å²) in [5.41, 5.74) is 1.69. The highest BCUT2D eigenvalue weighted by Gasteiger charge is 2.47. The first-order valence-corrected chi connectivity index (χ1v) is 10.2. The molecule has 0 aliphatic rings. The molecule has 21 heavy (non-hydrogen) atoms. The molecule has 1 aromatic carbocycles. The third-order valence-corrected chi connectivity index (χ3v) is 10.8. The molecule has 0 amide bonds. The van der Waals surface area contributed by atoms with Gasteiger partial charge in [-0.05, 0) is 28.8 Å². The molecule has 0 bridgehead atoms. The van der Waals surface area contributed by atoms with Crippen LogP contribution in [0, 0.1) is 0 Å². The number of carbonyl (C=O) groups excluding carboxylic acids is 1. The lowest BCUT2D eigenvalue weighted by Crippen LogP contribution is -2.50. The van der Waals surface area contributed by atoms with Crippen LogP contribution in [0.4, 0.5) is 0 Å². The van der Waals surface area contributed by atoms with Crippen molar-refractivity contribution in [3.63, 3.8) is 0 Å². The van der Waals surface area contributed by atoms with Gasteiger partial charge in [-0.25, -0.2) is 0 Å². The van der Waals surface area contributed by atoms with Gasteiger partial charge in [0.2, 0.25) is 0 Å². The van der Waals surface area contributed by atoms with Crippen molar-refractivity contribution in [3.8, 4) is 5.75 Å². The van der Waals surface area contributed by atoms with E-state index in [1.807, 2.05) is 0 Å². The largest absolute Gasteiger partial charge is 0.543 e. The Morgan fingerprint density at radius 1 is 0.952 bits per heavy atom. The molecule has 5 heteroatoms. The Morgan fingerprint density at radius 2 is 1.33 bits per heavy atom. The van der Waals surface area contributed by atoms with Crippen LogP contribution in [0.15, 0.2) is 12.1 Å². The average Bonchev–Trinajstić information content (AvgIpc) is 2.34. The van der Waals surface area contributed by atoms with Crippen LogP contribution in [0.5, 0.6) is 5.75 Å². The van der Waals surface area contributed by atoms with Gasteiger partial charge in [-0.2, -0.15) is 0 Å². The fourth-order valence-electron chi connectivity index (χ4n) is 3.29. The van der Waals surface area contributed by atoms with Crippen molar-refractivity contribution in [2.45, 2.75) is 58.2 Å². The minimum atomic E-state index is -2.05. The molecule has 0 saturated heterocycles. The normalized spacial score (nSPS) is 12.3. The highest BCUT2D eigenvalue weighted by Crippen LogP contribution is 2.43. The molecular formula is C16H24Cl2O2Si. The predicted octanol–water partition coefficient (Wildman–Crippen LogP) is 6.36. The van der Waals surface area contributed by atoms with Gasteiger partial charge in [0.1, 0.15) is 5.75 Å². The van der Waals surface area contributed by atoms with Crippen LogP contribution >= 0.6 is 23.2 Å². The quantitative estimate of drug-likeness (QED) is 0.442. The Hall–Kier alpha value is -0.513. The molecule has 0 unspecified atom stereocenters. The van der Waals surface area contributed by atoms with Gasteiger partial charge < -0.3 is 4.43 Å². The molecular weight excluding hydrogens is 323 g/mol. The molecule has 0 radical (unpaired) electrons. The number of hydrogen-bond donors (Lipinski definition) is 0. The molecule has 0 aliphatic carbocycles. The summed E-state index contributed by atoms with van der Waals surface area (Å²) in [6, 6.07) is 3.40. The first kappa shape index (κ1) is 18.5. The van der Waals surface area contributed by atoms with Crippen LogP contribution < -0.4 is 4.43 Å². The summed E-state index contributed by atoms with van der Waals surface area (Å²) in [5.74, 6) is 0.665. The molecule has 1 rings (SSSR count). The van der Waals surface area contributed by atoms with E-state index in [0.29, 0.717) is 44.3 Å². The topological polar surface area (TPSA) is 26.3 Å². The zero-order valence-electron chi connectivity index (χ0n) is 13.5. The second-order valence-corrected chi connectivity index (χ2v) is 12.5. The lowest BCUT2D eigenvalue weighted by atomic mass is 10.2. The average molecular weight is 347 g/mol. The van der Waals surface area contributed by atoms with Crippen molar-refractivity contribution >= 4 is 37.8 Å². The Labute approximate surface area is 138 Å². The van der Waals surface area contributed by atoms with Gasteiger partial charge in [-0.3, -0.25) is 4.79 Å². The first-order chi connectivity index (χ1) is 9.66. The highest BCUT2D eigenvalue weighted by molar-refractivity contribution is 6.78. The minimum absolute atomic E-state index is 0.316. The summed E-state index contributed by atoms with van der Waals surface area (Å²) in [6.45, 7) is 13.3. The number of benzene rings is 1. The maximum Gasteiger partial charge on any atom is 0.258 e. The lowest BCUT2D eigenvalue weighted by Gasteiger charge is -2.42. The van der Waals surface area contributed by atoms with Gasteiger partial charge in [0.15, 0.2) is 6.29 Å². The van der Waals surface area contributed by atoms with Crippen molar-refractivity contribution < 1.29 is 9.22 Å². The number of hydrogen-bond acceptors (Lipinski definition) is 2. The van der Waals surface area contributed by atoms with Crippen molar-refractivity contribution in [2.75, 3.05) is 0 Å². The third-order valence-electron chi connectivity index (χ3n) is 4.17. The molecule has 2 nitrogen and oxygen atoms in total. The Bertz CT molecular complexity index is 468. The molecule has 1 aromatic rings. The van der Waals surface area contributed by atoms with Gasteiger partial charge in [0, 0.05) is 0 Å². The summed E-state index contributed by atoms with van der Waals surface area (Å²) in [4.78, 5) is 11.0. The second-order valence-electron chi connectivity index (χ2n) is 6.34. The molecule has 0 heterocycles. The molecule has 0 aromatic heterocycles. The zero-order valence-corrected chi connectivity index (χ0v) is 16.0. The van der Waals surface area contributed by atoms with Crippen LogP contribution in [0.2, 0.25) is 26.7 Å². The van der Waals surface area contributed by atoms with E-state index in [-0.39, 0.29) is 0 Å². The van der Waals surface area contributed by atoms with Crippen LogP contribution in [-0.4, -0.2) is 14.6 Å². The fourth-order valence-corrected chi connectivity index (χ4v) is 9.08. The minimum Gasteiger partial charge on any atom is -0.543 e. The van der Waals surface area contributed by atoms with Crippen molar-refractivity contribution in [1.29, 1.82) is 0 Å². The summed E-state index contributed by atoms with van der Waals surface area (Å²) in [7, 11) is -2.05. The summed E-state index contributed by atoms with van der Waals surface area (Å²) < 4.78 is 6.50. The van der Waals surface area contributed by atoms with Crippen LogP contribution in [-0.2, 0) is 0 Å². The molecule has 0 aliphatic heterocycles. The van der Waals surface area contributed by atoms with Gasteiger partial charge in [0.25, 0.3) is 8.32 Å². The molecule has 0 atom stereocenters. The summed E-state index contributed by atoms with van der Waals surface area (Å²) in [6.07, 6.45) is 0.673. The van der Waals surface area contributed by atoms with E-state index < -0.39 is 8.32 Å². The Balaban J connectivity index is 3.31. The van der Waals surface area contributed by atoms with Crippen LogP contribution in [0.25, 0.3) is 0 Å². The second kappa shape index (κ2) is 7.17. The zero-order chi connectivity index (χ0) is 16.4. The first-order valence-electron chi connectivity index (χ1n) is 7.30. The molecule has 0 spiro atoms. The predicted molar refractivity (Wildman–Crippen MR) is 93.5 cm³/mol. The van der Waals surface area contributed by atoms with Crippen LogP contribution in [0.1, 0.15) is 51.9 Å². The van der Waals surface area contributed by atoms with Gasteiger partial charge in [0.05, 0.1) is 15.6 Å². The van der Waals surface area contributed by atoms with E-state index in [1.165, 1.54) is 0 Å². The Morgan fingerprint density at radius 3 is 1.62 bits per heavy atom. The van der Waals surface area contributed by atoms with E-state index in [0.717, 1.165) is 0 Å². The molecule has 118 valence electrons. The van der Waals surface area contributed by atoms with Crippen molar-refractivity contribution in [3.05, 3.63) is 27.7 Å². The van der Waals surface area contributed by atoms with E-state index in [9.17, 15) is 4.79 Å². The highest BCUT2D eigenvalue weighted by atomic mass is 35.5. The fraction of sp³-hybridized carbons (Fsp3) is 0.562. The monoisotopic (exact) mass is 346 g/mol. The maximum atomic E-state index is 11.0. The summed E-state index contributed by atoms with van der Waals surface area (Å²) >= 11 is 12.2. The smallest absolute Gasteiger partial charge is 0.258 e. The maximum absolute atomic E-state index is 11.0. The van der Waals surface area contributed by atoms with Gasteiger partial charge >= 0.3 is 0 Å². The van der Waals surface area contributed by atoms with Gasteiger partial charge in [-0.15, -0.1) is 0 Å². The third kappa shape index (κ3) is 3.64. The summed E-state index contributed by atoms with van der Waals surface area (Å²) in [5, 5.41) is 0.679. The number of carbonyl (C=O) groups is 1. The van der Waals surface area contributed by atoms with E-state index in [4.69, 9.17) is 27.6 Å². The van der Waals surface area contributed by atoms with Crippen molar-refractivity contribution in [2.24, 2.45) is 0 Å². The van der Waals surface area contributed by atoms with E-state index in [2.05, 4.69) is 41.5 Å². The lowest BCUT2D eigenvalue weighted by molar-refractivity contribution is 0.112. The number of aldehydes is 1. The van der Waals surface area contributed by atoms with Crippen LogP contribution in [0.3, 0.4) is 0 Å². The molecule has 0 saturated carbocycles. The molecule has 0 N–H and O–H groups in total. The van der Waals surface area contributed by atoms with Gasteiger partial charge in [-0.1, -0.05) is 64.7 Å². The van der Waals surface area contributed by atoms with Crippen molar-refractivity contribution in [1.82, 2.24) is 0 Å².